The van der Waals surface area contributed by atoms with Crippen molar-refractivity contribution in [3.05, 3.63) is 24.3 Å². The molecule has 0 aliphatic carbocycles. The average Bonchev–Trinajstić information content (AvgIpc) is 2.45. The Labute approximate surface area is 124 Å². The second kappa shape index (κ2) is 6.47. The van der Waals surface area contributed by atoms with Gasteiger partial charge in [0.2, 0.25) is 5.91 Å². The Morgan fingerprint density at radius 1 is 1.43 bits per heavy atom. The van der Waals surface area contributed by atoms with Crippen molar-refractivity contribution < 1.29 is 14.3 Å². The van der Waals surface area contributed by atoms with Gasteiger partial charge in [0, 0.05) is 13.1 Å². The normalized spacial score (nSPS) is 16.5. The molecule has 1 unspecified atom stereocenters. The molecule has 0 bridgehead atoms. The molecule has 0 spiro atoms. The topological polar surface area (TPSA) is 70.7 Å². The Kier molecular flexibility index (Phi) is 4.67. The Morgan fingerprint density at radius 2 is 2.14 bits per heavy atom. The predicted molar refractivity (Wildman–Crippen MR) is 80.3 cm³/mol. The highest BCUT2D eigenvalue weighted by Crippen LogP contribution is 2.28. The fourth-order valence-electron chi connectivity index (χ4n) is 2.16. The van der Waals surface area contributed by atoms with Gasteiger partial charge in [-0.2, -0.15) is 0 Å². The number of likely N-dealkylation sites (N-methyl/N-ethyl adjacent to an activating group) is 1. The summed E-state index contributed by atoms with van der Waals surface area (Å²) in [5.74, 6) is 0.267. The molecule has 2 rings (SSSR count). The SMILES string of the molecule is CC(C)NC(=O)CN(C)C(=O)C1CNc2ccccc2O1. The number of nitrogens with zero attached hydrogens (tertiary/aromatic N) is 1. The van der Waals surface area contributed by atoms with E-state index in [1.54, 1.807) is 7.05 Å². The van der Waals surface area contributed by atoms with Crippen LogP contribution in [-0.4, -0.2) is 49.0 Å². The largest absolute Gasteiger partial charge is 0.477 e. The lowest BCUT2D eigenvalue weighted by atomic mass is 10.2. The number of hydrogen-bond acceptors (Lipinski definition) is 4. The highest BCUT2D eigenvalue weighted by Gasteiger charge is 2.28. The fraction of sp³-hybridized carbons (Fsp3) is 0.467. The molecular formula is C15H21N3O3. The molecular weight excluding hydrogens is 270 g/mol. The van der Waals surface area contributed by atoms with E-state index in [2.05, 4.69) is 10.6 Å². The van der Waals surface area contributed by atoms with Crippen LogP contribution in [0.15, 0.2) is 24.3 Å². The molecule has 0 radical (unpaired) electrons. The van der Waals surface area contributed by atoms with Crippen LogP contribution in [-0.2, 0) is 9.59 Å². The van der Waals surface area contributed by atoms with Crippen molar-refractivity contribution in [3.63, 3.8) is 0 Å². The molecule has 1 aromatic rings. The average molecular weight is 291 g/mol. The monoisotopic (exact) mass is 291 g/mol. The molecule has 1 heterocycles. The van der Waals surface area contributed by atoms with Crippen molar-refractivity contribution in [2.24, 2.45) is 0 Å². The van der Waals surface area contributed by atoms with E-state index in [1.807, 2.05) is 38.1 Å². The number of carbonyl (C=O) groups excluding carboxylic acids is 2. The Bertz CT molecular complexity index is 531. The van der Waals surface area contributed by atoms with Crippen LogP contribution < -0.4 is 15.4 Å². The third kappa shape index (κ3) is 3.87. The number of amides is 2. The van der Waals surface area contributed by atoms with E-state index in [0.29, 0.717) is 12.3 Å². The van der Waals surface area contributed by atoms with Gasteiger partial charge in [0.15, 0.2) is 6.10 Å². The first kappa shape index (κ1) is 15.2. The number of carbonyl (C=O) groups is 2. The number of anilines is 1. The first-order valence-corrected chi connectivity index (χ1v) is 7.01. The molecule has 1 aromatic carbocycles. The molecule has 0 aromatic heterocycles. The van der Waals surface area contributed by atoms with Crippen LogP contribution in [0.5, 0.6) is 5.75 Å². The third-order valence-corrected chi connectivity index (χ3v) is 3.12. The molecule has 2 N–H and O–H groups in total. The van der Waals surface area contributed by atoms with Crippen LogP contribution in [0, 0.1) is 0 Å². The molecule has 0 saturated heterocycles. The van der Waals surface area contributed by atoms with Crippen LogP contribution in [0.4, 0.5) is 5.69 Å². The van der Waals surface area contributed by atoms with E-state index >= 15 is 0 Å². The third-order valence-electron chi connectivity index (χ3n) is 3.12. The van der Waals surface area contributed by atoms with Crippen molar-refractivity contribution in [3.8, 4) is 5.75 Å². The Balaban J connectivity index is 1.93. The zero-order chi connectivity index (χ0) is 15.4. The number of benzene rings is 1. The molecule has 6 nitrogen and oxygen atoms in total. The maximum Gasteiger partial charge on any atom is 0.265 e. The van der Waals surface area contributed by atoms with Crippen molar-refractivity contribution in [1.29, 1.82) is 0 Å². The van der Waals surface area contributed by atoms with Crippen molar-refractivity contribution >= 4 is 17.5 Å². The summed E-state index contributed by atoms with van der Waals surface area (Å²) in [6.07, 6.45) is -0.614. The standard InChI is InChI=1S/C15H21N3O3/c1-10(2)17-14(19)9-18(3)15(20)13-8-16-11-6-4-5-7-12(11)21-13/h4-7,10,13,16H,8-9H2,1-3H3,(H,17,19). The van der Waals surface area contributed by atoms with Gasteiger partial charge < -0.3 is 20.3 Å². The van der Waals surface area contributed by atoms with Gasteiger partial charge in [-0.15, -0.1) is 0 Å². The molecule has 1 aliphatic rings. The molecule has 6 heteroatoms. The highest BCUT2D eigenvalue weighted by atomic mass is 16.5. The maximum atomic E-state index is 12.3. The first-order chi connectivity index (χ1) is 9.97. The van der Waals surface area contributed by atoms with Gasteiger partial charge in [0.1, 0.15) is 5.75 Å². The second-order valence-corrected chi connectivity index (χ2v) is 5.40. The van der Waals surface area contributed by atoms with Crippen LogP contribution >= 0.6 is 0 Å². The minimum atomic E-state index is -0.614. The Morgan fingerprint density at radius 3 is 2.86 bits per heavy atom. The zero-order valence-corrected chi connectivity index (χ0v) is 12.6. The van der Waals surface area contributed by atoms with Crippen molar-refractivity contribution in [2.45, 2.75) is 26.0 Å². The summed E-state index contributed by atoms with van der Waals surface area (Å²) in [5, 5.41) is 5.92. The van der Waals surface area contributed by atoms with Crippen LogP contribution in [0.1, 0.15) is 13.8 Å². The van der Waals surface area contributed by atoms with Gasteiger partial charge >= 0.3 is 0 Å². The number of hydrogen-bond donors (Lipinski definition) is 2. The summed E-state index contributed by atoms with van der Waals surface area (Å²) < 4.78 is 5.69. The molecule has 21 heavy (non-hydrogen) atoms. The van der Waals surface area contributed by atoms with E-state index in [-0.39, 0.29) is 24.4 Å². The summed E-state index contributed by atoms with van der Waals surface area (Å²) in [6, 6.07) is 7.52. The summed E-state index contributed by atoms with van der Waals surface area (Å²) in [7, 11) is 1.60. The molecule has 1 aliphatic heterocycles. The minimum absolute atomic E-state index is 0.0263. The van der Waals surface area contributed by atoms with Gasteiger partial charge in [-0.1, -0.05) is 12.1 Å². The number of rotatable bonds is 4. The van der Waals surface area contributed by atoms with Gasteiger partial charge in [0.05, 0.1) is 18.8 Å². The van der Waals surface area contributed by atoms with Gasteiger partial charge in [0.25, 0.3) is 5.91 Å². The lowest BCUT2D eigenvalue weighted by molar-refractivity contribution is -0.140. The maximum absolute atomic E-state index is 12.3. The quantitative estimate of drug-likeness (QED) is 0.862. The molecule has 2 amide bonds. The van der Waals surface area contributed by atoms with E-state index in [1.165, 1.54) is 4.90 Å². The summed E-state index contributed by atoms with van der Waals surface area (Å²) >= 11 is 0. The predicted octanol–water partition coefficient (Wildman–Crippen LogP) is 0.843. The number of fused-ring (bicyclic) bond motifs is 1. The smallest absolute Gasteiger partial charge is 0.265 e. The molecule has 1 atom stereocenters. The van der Waals surface area contributed by atoms with E-state index in [0.717, 1.165) is 5.69 Å². The minimum Gasteiger partial charge on any atom is -0.477 e. The van der Waals surface area contributed by atoms with E-state index in [9.17, 15) is 9.59 Å². The number of nitrogens with one attached hydrogen (secondary N) is 2. The van der Waals surface area contributed by atoms with Gasteiger partial charge in [-0.25, -0.2) is 0 Å². The van der Waals surface area contributed by atoms with E-state index in [4.69, 9.17) is 4.74 Å². The summed E-state index contributed by atoms with van der Waals surface area (Å²) in [6.45, 7) is 4.18. The van der Waals surface area contributed by atoms with Crippen molar-refractivity contribution in [1.82, 2.24) is 10.2 Å². The Hall–Kier alpha value is -2.24. The summed E-state index contributed by atoms with van der Waals surface area (Å²) in [4.78, 5) is 25.4. The number of ether oxygens (including phenoxy) is 1. The molecule has 0 saturated carbocycles. The van der Waals surface area contributed by atoms with Gasteiger partial charge in [-0.3, -0.25) is 9.59 Å². The van der Waals surface area contributed by atoms with Crippen LogP contribution in [0.25, 0.3) is 0 Å². The van der Waals surface area contributed by atoms with Crippen LogP contribution in [0.3, 0.4) is 0 Å². The van der Waals surface area contributed by atoms with Gasteiger partial charge in [-0.05, 0) is 26.0 Å². The zero-order valence-electron chi connectivity index (χ0n) is 12.6. The fourth-order valence-corrected chi connectivity index (χ4v) is 2.16. The lowest BCUT2D eigenvalue weighted by Gasteiger charge is -2.29. The molecule has 0 fully saturated rings. The van der Waals surface area contributed by atoms with Crippen molar-refractivity contribution in [2.75, 3.05) is 25.5 Å². The van der Waals surface area contributed by atoms with E-state index < -0.39 is 6.10 Å². The second-order valence-electron chi connectivity index (χ2n) is 5.40. The molecule has 114 valence electrons. The first-order valence-electron chi connectivity index (χ1n) is 7.01. The lowest BCUT2D eigenvalue weighted by Crippen LogP contribution is -2.48. The summed E-state index contributed by atoms with van der Waals surface area (Å²) in [5.41, 5.74) is 0.877. The number of para-hydroxylation sites is 2. The van der Waals surface area contributed by atoms with Crippen LogP contribution in [0.2, 0.25) is 0 Å². The highest BCUT2D eigenvalue weighted by molar-refractivity contribution is 5.88.